The van der Waals surface area contributed by atoms with E-state index in [-0.39, 0.29) is 41.2 Å². The van der Waals surface area contributed by atoms with Crippen LogP contribution in [0.25, 0.3) is 22.3 Å². The minimum Gasteiger partial charge on any atom is -0.494 e. The lowest BCUT2D eigenvalue weighted by atomic mass is 9.97. The van der Waals surface area contributed by atoms with Crippen molar-refractivity contribution in [2.75, 3.05) is 57.8 Å². The maximum absolute atomic E-state index is 15.5. The van der Waals surface area contributed by atoms with Crippen LogP contribution in [0.3, 0.4) is 0 Å². The van der Waals surface area contributed by atoms with E-state index in [1.807, 2.05) is 6.07 Å². The second-order valence-electron chi connectivity index (χ2n) is 10.1. The predicted octanol–water partition coefficient (Wildman–Crippen LogP) is 4.17. The first kappa shape index (κ1) is 28.6. The van der Waals surface area contributed by atoms with Crippen molar-refractivity contribution >= 4 is 28.3 Å². The molecule has 3 aromatic rings. The molecule has 2 saturated heterocycles. The molecular formula is C29H33F2N5O5. The number of anilines is 2. The maximum atomic E-state index is 15.5. The molecule has 1 aromatic carbocycles. The molecule has 0 spiro atoms. The Morgan fingerprint density at radius 1 is 1.12 bits per heavy atom. The lowest BCUT2D eigenvalue weighted by Crippen LogP contribution is -2.37. The van der Waals surface area contributed by atoms with Crippen molar-refractivity contribution in [3.63, 3.8) is 0 Å². The minimum atomic E-state index is -0.929. The molecule has 5 rings (SSSR count). The molecule has 10 nitrogen and oxygen atoms in total. The van der Waals surface area contributed by atoms with Gasteiger partial charge in [0.25, 0.3) is 0 Å². The number of halogens is 2. The lowest BCUT2D eigenvalue weighted by molar-refractivity contribution is -0.115. The topological polar surface area (TPSA) is 108 Å². The summed E-state index contributed by atoms with van der Waals surface area (Å²) in [4.78, 5) is 27.8. The van der Waals surface area contributed by atoms with Crippen LogP contribution in [-0.4, -0.2) is 80.5 Å². The minimum absolute atomic E-state index is 0.0295. The number of carbonyl (C=O) groups excluding carboxylic acids is 1. The van der Waals surface area contributed by atoms with Gasteiger partial charge in [-0.2, -0.15) is 0 Å². The lowest BCUT2D eigenvalue weighted by Gasteiger charge is -2.33. The number of pyridine rings is 1. The van der Waals surface area contributed by atoms with Crippen LogP contribution >= 0.6 is 0 Å². The van der Waals surface area contributed by atoms with Gasteiger partial charge in [-0.05, 0) is 25.0 Å². The van der Waals surface area contributed by atoms with Crippen LogP contribution in [0.1, 0.15) is 19.3 Å². The average molecular weight is 570 g/mol. The van der Waals surface area contributed by atoms with E-state index < -0.39 is 17.2 Å². The highest BCUT2D eigenvalue weighted by Gasteiger charge is 2.31. The number of ketones is 1. The summed E-state index contributed by atoms with van der Waals surface area (Å²) in [7, 11) is 4.27. The van der Waals surface area contributed by atoms with Crippen molar-refractivity contribution in [1.82, 2.24) is 15.0 Å². The van der Waals surface area contributed by atoms with Crippen molar-refractivity contribution in [3.05, 3.63) is 42.6 Å². The number of benzene rings is 1. The molecule has 0 aliphatic carbocycles. The Labute approximate surface area is 236 Å². The summed E-state index contributed by atoms with van der Waals surface area (Å²) in [5.74, 6) is -1.39. The first-order valence-electron chi connectivity index (χ1n) is 13.4. The summed E-state index contributed by atoms with van der Waals surface area (Å²) in [5.41, 5.74) is -0.0396. The van der Waals surface area contributed by atoms with Gasteiger partial charge in [-0.1, -0.05) is 6.58 Å². The maximum Gasteiger partial charge on any atom is 0.179 e. The van der Waals surface area contributed by atoms with Crippen molar-refractivity contribution in [2.24, 2.45) is 5.92 Å². The number of nitrogens with one attached hydrogen (secondary N) is 1. The molecule has 2 aliphatic heterocycles. The van der Waals surface area contributed by atoms with Crippen LogP contribution in [0.2, 0.25) is 0 Å². The van der Waals surface area contributed by atoms with E-state index in [1.54, 1.807) is 13.3 Å². The molecule has 2 aliphatic rings. The van der Waals surface area contributed by atoms with Crippen LogP contribution in [0.15, 0.2) is 31.0 Å². The summed E-state index contributed by atoms with van der Waals surface area (Å²) in [6, 6.07) is 2.84. The van der Waals surface area contributed by atoms with Gasteiger partial charge in [-0.15, -0.1) is 0 Å². The molecule has 0 radical (unpaired) electrons. The molecular weight excluding hydrogens is 536 g/mol. The van der Waals surface area contributed by atoms with E-state index in [9.17, 15) is 4.79 Å². The summed E-state index contributed by atoms with van der Waals surface area (Å²) in [6.07, 6.45) is 4.83. The fourth-order valence-corrected chi connectivity index (χ4v) is 5.32. The molecule has 0 saturated carbocycles. The zero-order chi connectivity index (χ0) is 29.1. The molecule has 0 unspecified atom stereocenters. The molecule has 41 heavy (non-hydrogen) atoms. The number of allylic oxidation sites excluding steroid dienone is 1. The number of carbonyl (C=O) groups is 1. The van der Waals surface area contributed by atoms with Gasteiger partial charge in [0.2, 0.25) is 0 Å². The number of fused-ring (bicyclic) bond motifs is 1. The smallest absolute Gasteiger partial charge is 0.179 e. The van der Waals surface area contributed by atoms with E-state index in [4.69, 9.17) is 23.9 Å². The Kier molecular flexibility index (Phi) is 8.60. The molecule has 218 valence electrons. The SMILES string of the molecule is C=CC(=O)C[C@H]1COC[C@H]1Nc1cc2c(N3CCC(OC)CC3)nc(-c3c(F)c(OC)cc(OC)c3F)nc2cn1. The normalized spacial score (nSPS) is 19.4. The Morgan fingerprint density at radius 2 is 1.83 bits per heavy atom. The summed E-state index contributed by atoms with van der Waals surface area (Å²) in [6.45, 7) is 5.70. The highest BCUT2D eigenvalue weighted by atomic mass is 19.1. The standard InChI is InChI=1S/C29H33F2N5O5/c1-5-17(37)10-16-14-41-15-21(16)33-24-11-19-20(13-32-24)34-28(35-29(19)36-8-6-18(38-2)7-9-36)25-26(30)22(39-3)12-23(40-4)27(25)31/h5,11-13,16,18,21H,1,6-10,14-15H2,2-4H3,(H,32,33)/t16-,21+/m0/s1. The number of hydrogen-bond donors (Lipinski definition) is 1. The van der Waals surface area contributed by atoms with Gasteiger partial charge in [-0.25, -0.2) is 23.7 Å². The second kappa shape index (κ2) is 12.3. The van der Waals surface area contributed by atoms with E-state index in [2.05, 4.69) is 26.8 Å². The average Bonchev–Trinajstić information content (AvgIpc) is 3.43. The predicted molar refractivity (Wildman–Crippen MR) is 150 cm³/mol. The number of hydrogen-bond acceptors (Lipinski definition) is 10. The molecule has 12 heteroatoms. The Hall–Kier alpha value is -3.90. The van der Waals surface area contributed by atoms with Crippen LogP contribution in [0.5, 0.6) is 11.5 Å². The first-order valence-corrected chi connectivity index (χ1v) is 13.4. The molecule has 2 fully saturated rings. The highest BCUT2D eigenvalue weighted by molar-refractivity contribution is 5.92. The number of nitrogens with zero attached hydrogens (tertiary/aromatic N) is 4. The fraction of sp³-hybridized carbons (Fsp3) is 0.448. The summed E-state index contributed by atoms with van der Waals surface area (Å²) in [5, 5.41) is 4.05. The number of aromatic nitrogens is 3. The number of piperidine rings is 1. The van der Waals surface area contributed by atoms with Gasteiger partial charge in [0.15, 0.2) is 34.7 Å². The van der Waals surface area contributed by atoms with Gasteiger partial charge in [0.05, 0.1) is 56.9 Å². The van der Waals surface area contributed by atoms with Crippen molar-refractivity contribution < 1.29 is 32.5 Å². The van der Waals surface area contributed by atoms with E-state index in [0.29, 0.717) is 55.3 Å². The monoisotopic (exact) mass is 569 g/mol. The van der Waals surface area contributed by atoms with Crippen molar-refractivity contribution in [2.45, 2.75) is 31.4 Å². The van der Waals surface area contributed by atoms with Crippen LogP contribution in [0.4, 0.5) is 20.4 Å². The molecule has 4 heterocycles. The molecule has 1 N–H and O–H groups in total. The Morgan fingerprint density at radius 3 is 2.46 bits per heavy atom. The van der Waals surface area contributed by atoms with Gasteiger partial charge >= 0.3 is 0 Å². The van der Waals surface area contributed by atoms with Gasteiger partial charge in [0.1, 0.15) is 11.6 Å². The zero-order valence-corrected chi connectivity index (χ0v) is 23.3. The summed E-state index contributed by atoms with van der Waals surface area (Å²) >= 11 is 0. The van der Waals surface area contributed by atoms with Gasteiger partial charge < -0.3 is 29.2 Å². The van der Waals surface area contributed by atoms with E-state index >= 15 is 8.78 Å². The van der Waals surface area contributed by atoms with Crippen LogP contribution < -0.4 is 19.7 Å². The largest absolute Gasteiger partial charge is 0.494 e. The molecule has 2 atom stereocenters. The Bertz CT molecular complexity index is 1420. The van der Waals surface area contributed by atoms with Crippen molar-refractivity contribution in [3.8, 4) is 22.9 Å². The van der Waals surface area contributed by atoms with Crippen LogP contribution in [0, 0.1) is 17.6 Å². The number of ether oxygens (including phenoxy) is 4. The van der Waals surface area contributed by atoms with Gasteiger partial charge in [0, 0.05) is 44.0 Å². The quantitative estimate of drug-likeness (QED) is 0.358. The third kappa shape index (κ3) is 5.80. The van der Waals surface area contributed by atoms with Crippen molar-refractivity contribution in [1.29, 1.82) is 0 Å². The first-order chi connectivity index (χ1) is 19.9. The number of rotatable bonds is 10. The molecule has 0 bridgehead atoms. The van der Waals surface area contributed by atoms with Gasteiger partial charge in [-0.3, -0.25) is 4.79 Å². The third-order valence-electron chi connectivity index (χ3n) is 7.66. The molecule has 0 amide bonds. The molecule has 2 aromatic heterocycles. The fourth-order valence-electron chi connectivity index (χ4n) is 5.32. The zero-order valence-electron chi connectivity index (χ0n) is 23.3. The van der Waals surface area contributed by atoms with E-state index in [0.717, 1.165) is 18.9 Å². The van der Waals surface area contributed by atoms with Crippen LogP contribution in [-0.2, 0) is 14.3 Å². The third-order valence-corrected chi connectivity index (χ3v) is 7.66. The second-order valence-corrected chi connectivity index (χ2v) is 10.1. The summed E-state index contributed by atoms with van der Waals surface area (Å²) < 4.78 is 52.3. The Balaban J connectivity index is 1.58. The number of methoxy groups -OCH3 is 3. The highest BCUT2D eigenvalue weighted by Crippen LogP contribution is 2.38. The van der Waals surface area contributed by atoms with E-state index in [1.165, 1.54) is 20.3 Å².